The number of hydrogen-bond donors (Lipinski definition) is 3. The SMILES string of the molecule is CCn1c(=O)c(=O)[nH]c2cc(C(=O)NCCN3CCNCC3)ccc21.Cl. The number of nitrogens with zero attached hydrogens (tertiary/aromatic N) is 2. The van der Waals surface area contributed by atoms with E-state index in [0.717, 1.165) is 32.7 Å². The van der Waals surface area contributed by atoms with Crippen molar-refractivity contribution >= 4 is 29.3 Å². The van der Waals surface area contributed by atoms with E-state index in [2.05, 4.69) is 20.5 Å². The molecule has 1 fully saturated rings. The zero-order chi connectivity index (χ0) is 17.8. The van der Waals surface area contributed by atoms with E-state index in [9.17, 15) is 14.4 Å². The third-order valence-corrected chi connectivity index (χ3v) is 4.48. The number of benzene rings is 1. The number of carbonyl (C=O) groups is 1. The van der Waals surface area contributed by atoms with Crippen molar-refractivity contribution in [3.63, 3.8) is 0 Å². The van der Waals surface area contributed by atoms with Crippen LogP contribution in [0.1, 0.15) is 17.3 Å². The average molecular weight is 382 g/mol. The van der Waals surface area contributed by atoms with Crippen LogP contribution in [0.3, 0.4) is 0 Å². The van der Waals surface area contributed by atoms with Gasteiger partial charge in [-0.15, -0.1) is 12.4 Å². The van der Waals surface area contributed by atoms with Gasteiger partial charge in [-0.05, 0) is 25.1 Å². The summed E-state index contributed by atoms with van der Waals surface area (Å²) >= 11 is 0. The van der Waals surface area contributed by atoms with Crippen molar-refractivity contribution < 1.29 is 4.79 Å². The number of aromatic amines is 1. The van der Waals surface area contributed by atoms with E-state index >= 15 is 0 Å². The highest BCUT2D eigenvalue weighted by Gasteiger charge is 2.12. The van der Waals surface area contributed by atoms with E-state index in [1.165, 1.54) is 4.57 Å². The second-order valence-electron chi connectivity index (χ2n) is 6.08. The van der Waals surface area contributed by atoms with Gasteiger partial charge in [-0.25, -0.2) is 0 Å². The molecular formula is C17H24ClN5O3. The molecule has 1 saturated heterocycles. The molecule has 26 heavy (non-hydrogen) atoms. The molecule has 2 aromatic rings. The molecule has 0 unspecified atom stereocenters. The summed E-state index contributed by atoms with van der Waals surface area (Å²) in [6.45, 7) is 7.51. The molecule has 0 aliphatic carbocycles. The van der Waals surface area contributed by atoms with Crippen molar-refractivity contribution in [3.05, 3.63) is 44.5 Å². The highest BCUT2D eigenvalue weighted by molar-refractivity contribution is 5.97. The Morgan fingerprint density at radius 3 is 2.65 bits per heavy atom. The van der Waals surface area contributed by atoms with Crippen LogP contribution in [0.4, 0.5) is 0 Å². The van der Waals surface area contributed by atoms with Gasteiger partial charge in [0.25, 0.3) is 5.91 Å². The van der Waals surface area contributed by atoms with Gasteiger partial charge in [0.2, 0.25) is 0 Å². The van der Waals surface area contributed by atoms with Crippen LogP contribution in [-0.2, 0) is 6.54 Å². The fourth-order valence-corrected chi connectivity index (χ4v) is 3.10. The summed E-state index contributed by atoms with van der Waals surface area (Å²) in [6.07, 6.45) is 0. The summed E-state index contributed by atoms with van der Waals surface area (Å²) in [7, 11) is 0. The van der Waals surface area contributed by atoms with E-state index in [0.29, 0.717) is 29.7 Å². The number of nitrogens with one attached hydrogen (secondary N) is 3. The largest absolute Gasteiger partial charge is 0.351 e. The lowest BCUT2D eigenvalue weighted by atomic mass is 10.1. The summed E-state index contributed by atoms with van der Waals surface area (Å²) < 4.78 is 1.40. The lowest BCUT2D eigenvalue weighted by Gasteiger charge is -2.27. The van der Waals surface area contributed by atoms with Gasteiger partial charge in [0.1, 0.15) is 0 Å². The summed E-state index contributed by atoms with van der Waals surface area (Å²) in [5.74, 6) is -0.188. The Hall–Kier alpha value is -2.16. The van der Waals surface area contributed by atoms with E-state index in [1.54, 1.807) is 25.1 Å². The van der Waals surface area contributed by atoms with E-state index in [1.807, 2.05) is 0 Å². The number of amides is 1. The van der Waals surface area contributed by atoms with Gasteiger partial charge in [-0.3, -0.25) is 19.3 Å². The topological polar surface area (TPSA) is 99.2 Å². The van der Waals surface area contributed by atoms with Gasteiger partial charge in [-0.2, -0.15) is 0 Å². The number of fused-ring (bicyclic) bond motifs is 1. The summed E-state index contributed by atoms with van der Waals surface area (Å²) in [4.78, 5) is 40.8. The van der Waals surface area contributed by atoms with Crippen molar-refractivity contribution in [3.8, 4) is 0 Å². The third kappa shape index (κ3) is 4.32. The Morgan fingerprint density at radius 1 is 1.23 bits per heavy atom. The quantitative estimate of drug-likeness (QED) is 0.621. The number of H-pyrrole nitrogens is 1. The van der Waals surface area contributed by atoms with Crippen molar-refractivity contribution in [1.82, 2.24) is 25.1 Å². The van der Waals surface area contributed by atoms with Crippen LogP contribution in [-0.4, -0.2) is 59.6 Å². The number of halogens is 1. The monoisotopic (exact) mass is 381 g/mol. The Morgan fingerprint density at radius 2 is 1.96 bits per heavy atom. The molecule has 142 valence electrons. The Kier molecular flexibility index (Phi) is 6.96. The molecule has 0 bridgehead atoms. The number of carbonyl (C=O) groups excluding carboxylic acids is 1. The van der Waals surface area contributed by atoms with Crippen molar-refractivity contribution in [2.45, 2.75) is 13.5 Å². The maximum atomic E-state index is 12.3. The summed E-state index contributed by atoms with van der Waals surface area (Å²) in [6, 6.07) is 4.98. The zero-order valence-corrected chi connectivity index (χ0v) is 15.5. The second kappa shape index (κ2) is 8.98. The van der Waals surface area contributed by atoms with Gasteiger partial charge in [0.15, 0.2) is 0 Å². The maximum Gasteiger partial charge on any atom is 0.316 e. The molecule has 0 saturated carbocycles. The van der Waals surface area contributed by atoms with Crippen LogP contribution >= 0.6 is 12.4 Å². The molecule has 1 aliphatic rings. The summed E-state index contributed by atoms with van der Waals surface area (Å²) in [5.41, 5.74) is 0.310. The van der Waals surface area contributed by atoms with Crippen LogP contribution < -0.4 is 21.8 Å². The van der Waals surface area contributed by atoms with Crippen LogP contribution in [0.2, 0.25) is 0 Å². The van der Waals surface area contributed by atoms with Gasteiger partial charge < -0.3 is 20.2 Å². The first-order valence-electron chi connectivity index (χ1n) is 8.58. The number of aryl methyl sites for hydroxylation is 1. The molecule has 8 nitrogen and oxygen atoms in total. The molecule has 1 amide bonds. The van der Waals surface area contributed by atoms with Gasteiger partial charge in [0, 0.05) is 51.4 Å². The molecule has 2 heterocycles. The number of hydrogen-bond acceptors (Lipinski definition) is 5. The predicted molar refractivity (Wildman–Crippen MR) is 103 cm³/mol. The van der Waals surface area contributed by atoms with Crippen LogP contribution in [0.5, 0.6) is 0 Å². The lowest BCUT2D eigenvalue weighted by Crippen LogP contribution is -2.46. The Bertz CT molecular complexity index is 886. The standard InChI is InChI=1S/C17H23N5O3.ClH/c1-2-22-14-4-3-12(11-13(14)20-16(24)17(22)25)15(23)19-7-10-21-8-5-18-6-9-21;/h3-4,11,18H,2,5-10H2,1H3,(H,19,23)(H,20,24);1H. The Labute approximate surface area is 157 Å². The fraction of sp³-hybridized carbons (Fsp3) is 0.471. The minimum absolute atomic E-state index is 0. The summed E-state index contributed by atoms with van der Waals surface area (Å²) in [5, 5.41) is 6.20. The molecule has 1 aromatic carbocycles. The first-order chi connectivity index (χ1) is 12.1. The molecule has 9 heteroatoms. The predicted octanol–water partition coefficient (Wildman–Crippen LogP) is -0.233. The van der Waals surface area contributed by atoms with E-state index in [-0.39, 0.29) is 18.3 Å². The van der Waals surface area contributed by atoms with Crippen molar-refractivity contribution in [1.29, 1.82) is 0 Å². The lowest BCUT2D eigenvalue weighted by molar-refractivity contribution is 0.0947. The van der Waals surface area contributed by atoms with Crippen molar-refractivity contribution in [2.75, 3.05) is 39.3 Å². The van der Waals surface area contributed by atoms with E-state index in [4.69, 9.17) is 0 Å². The molecular weight excluding hydrogens is 358 g/mol. The molecule has 0 radical (unpaired) electrons. The average Bonchev–Trinajstić information content (AvgIpc) is 2.63. The smallest absolute Gasteiger partial charge is 0.316 e. The molecule has 3 N–H and O–H groups in total. The first kappa shape index (κ1) is 20.2. The molecule has 1 aromatic heterocycles. The maximum absolute atomic E-state index is 12.3. The molecule has 1 aliphatic heterocycles. The van der Waals surface area contributed by atoms with Crippen LogP contribution in [0.15, 0.2) is 27.8 Å². The van der Waals surface area contributed by atoms with Crippen LogP contribution in [0, 0.1) is 0 Å². The first-order valence-corrected chi connectivity index (χ1v) is 8.58. The van der Waals surface area contributed by atoms with E-state index < -0.39 is 11.1 Å². The minimum Gasteiger partial charge on any atom is -0.351 e. The van der Waals surface area contributed by atoms with Gasteiger partial charge in [-0.1, -0.05) is 0 Å². The zero-order valence-electron chi connectivity index (χ0n) is 14.7. The highest BCUT2D eigenvalue weighted by Crippen LogP contribution is 2.11. The minimum atomic E-state index is -0.675. The third-order valence-electron chi connectivity index (χ3n) is 4.48. The molecule has 0 spiro atoms. The van der Waals surface area contributed by atoms with Gasteiger partial charge >= 0.3 is 11.1 Å². The normalized spacial score (nSPS) is 14.8. The van der Waals surface area contributed by atoms with Gasteiger partial charge in [0.05, 0.1) is 11.0 Å². The Balaban J connectivity index is 0.00000243. The molecule has 0 atom stereocenters. The number of rotatable bonds is 5. The number of aromatic nitrogens is 2. The van der Waals surface area contributed by atoms with Crippen molar-refractivity contribution in [2.24, 2.45) is 0 Å². The van der Waals surface area contributed by atoms with Crippen LogP contribution in [0.25, 0.3) is 11.0 Å². The fourth-order valence-electron chi connectivity index (χ4n) is 3.10. The second-order valence-corrected chi connectivity index (χ2v) is 6.08. The number of piperazine rings is 1. The molecule has 3 rings (SSSR count). The highest BCUT2D eigenvalue weighted by atomic mass is 35.5.